The average Bonchev–Trinajstić information content (AvgIpc) is 2.16. The maximum Gasteiger partial charge on any atom is 0.119 e. The van der Waals surface area contributed by atoms with Crippen LogP contribution in [0.1, 0.15) is 19.4 Å². The highest BCUT2D eigenvalue weighted by atomic mass is 16.5. The molecule has 14 heavy (non-hydrogen) atoms. The zero-order valence-electron chi connectivity index (χ0n) is 8.91. The Kier molecular flexibility index (Phi) is 3.77. The molecule has 2 N–H and O–H groups in total. The quantitative estimate of drug-likeness (QED) is 0.749. The molecule has 0 unspecified atom stereocenters. The number of methoxy groups -OCH3 is 1. The van der Waals surface area contributed by atoms with Gasteiger partial charge in [0.2, 0.25) is 0 Å². The first-order valence-corrected chi connectivity index (χ1v) is 4.67. The summed E-state index contributed by atoms with van der Waals surface area (Å²) in [5.41, 5.74) is 7.51. The zero-order chi connectivity index (χ0) is 10.6. The number of hydrogen-bond donors (Lipinski definition) is 1. The number of nitrogens with two attached hydrogens (primary N) is 1. The summed E-state index contributed by atoms with van der Waals surface area (Å²) in [4.78, 5) is 0. The summed E-state index contributed by atoms with van der Waals surface area (Å²) >= 11 is 0. The van der Waals surface area contributed by atoms with Gasteiger partial charge in [-0.05, 0) is 32.0 Å². The Morgan fingerprint density at radius 1 is 1.36 bits per heavy atom. The summed E-state index contributed by atoms with van der Waals surface area (Å²) in [5, 5.41) is 0. The molecule has 78 valence electrons. The van der Waals surface area contributed by atoms with E-state index in [1.54, 1.807) is 7.11 Å². The van der Waals surface area contributed by atoms with Crippen molar-refractivity contribution in [3.63, 3.8) is 0 Å². The summed E-state index contributed by atoms with van der Waals surface area (Å²) in [5.74, 6) is 0.807. The Morgan fingerprint density at radius 3 is 2.64 bits per heavy atom. The summed E-state index contributed by atoms with van der Waals surface area (Å²) in [7, 11) is 1.64. The van der Waals surface area contributed by atoms with Gasteiger partial charge in [-0.15, -0.1) is 0 Å². The summed E-state index contributed by atoms with van der Waals surface area (Å²) < 4.78 is 10.6. The monoisotopic (exact) mass is 195 g/mol. The van der Waals surface area contributed by atoms with Gasteiger partial charge in [-0.1, -0.05) is 0 Å². The van der Waals surface area contributed by atoms with Crippen LogP contribution in [0.25, 0.3) is 0 Å². The van der Waals surface area contributed by atoms with E-state index in [-0.39, 0.29) is 6.10 Å². The van der Waals surface area contributed by atoms with Crippen molar-refractivity contribution in [3.05, 3.63) is 23.8 Å². The van der Waals surface area contributed by atoms with Crippen LogP contribution >= 0.6 is 0 Å². The number of hydrogen-bond acceptors (Lipinski definition) is 3. The molecule has 0 atom stereocenters. The second kappa shape index (κ2) is 4.86. The van der Waals surface area contributed by atoms with Crippen LogP contribution in [0.5, 0.6) is 5.75 Å². The normalized spacial score (nSPS) is 10.6. The zero-order valence-corrected chi connectivity index (χ0v) is 8.91. The molecular formula is C11H17NO2. The third kappa shape index (κ3) is 2.92. The maximum atomic E-state index is 5.79. The highest BCUT2D eigenvalue weighted by Crippen LogP contribution is 2.20. The van der Waals surface area contributed by atoms with Gasteiger partial charge in [-0.2, -0.15) is 0 Å². The van der Waals surface area contributed by atoms with Crippen LogP contribution < -0.4 is 10.5 Å². The molecule has 0 aromatic heterocycles. The van der Waals surface area contributed by atoms with Gasteiger partial charge in [-0.3, -0.25) is 0 Å². The fourth-order valence-electron chi connectivity index (χ4n) is 1.09. The Labute approximate surface area is 84.8 Å². The third-order valence-electron chi connectivity index (χ3n) is 1.92. The van der Waals surface area contributed by atoms with Gasteiger partial charge < -0.3 is 15.2 Å². The number of rotatable bonds is 4. The van der Waals surface area contributed by atoms with Gasteiger partial charge in [0.1, 0.15) is 5.75 Å². The Balaban J connectivity index is 2.73. The van der Waals surface area contributed by atoms with Crippen LogP contribution in [0.15, 0.2) is 18.2 Å². The Morgan fingerprint density at radius 2 is 2.07 bits per heavy atom. The molecule has 0 saturated carbocycles. The van der Waals surface area contributed by atoms with Crippen molar-refractivity contribution in [3.8, 4) is 5.75 Å². The highest BCUT2D eigenvalue weighted by Gasteiger charge is 2.02. The van der Waals surface area contributed by atoms with E-state index in [2.05, 4.69) is 0 Å². The minimum atomic E-state index is 0.209. The summed E-state index contributed by atoms with van der Waals surface area (Å²) in [6, 6.07) is 5.57. The average molecular weight is 195 g/mol. The van der Waals surface area contributed by atoms with Crippen molar-refractivity contribution >= 4 is 5.69 Å². The standard InChI is InChI=1S/C11H17NO2/c1-8(2)14-7-9-6-10(13-3)4-5-11(9)12/h4-6,8H,7,12H2,1-3H3. The lowest BCUT2D eigenvalue weighted by molar-refractivity contribution is 0.0659. The minimum absolute atomic E-state index is 0.209. The summed E-state index contributed by atoms with van der Waals surface area (Å²) in [6.07, 6.45) is 0.209. The molecule has 1 rings (SSSR count). The predicted octanol–water partition coefficient (Wildman–Crippen LogP) is 2.20. The van der Waals surface area contributed by atoms with Crippen LogP contribution in [-0.4, -0.2) is 13.2 Å². The first-order chi connectivity index (χ1) is 6.63. The van der Waals surface area contributed by atoms with E-state index in [1.165, 1.54) is 0 Å². The molecular weight excluding hydrogens is 178 g/mol. The van der Waals surface area contributed by atoms with E-state index in [1.807, 2.05) is 32.0 Å². The molecule has 0 heterocycles. The van der Waals surface area contributed by atoms with Crippen molar-refractivity contribution in [2.24, 2.45) is 0 Å². The van der Waals surface area contributed by atoms with Crippen LogP contribution in [0, 0.1) is 0 Å². The number of nitrogen functional groups attached to an aromatic ring is 1. The lowest BCUT2D eigenvalue weighted by Gasteiger charge is -2.10. The number of ether oxygens (including phenoxy) is 2. The van der Waals surface area contributed by atoms with E-state index in [4.69, 9.17) is 15.2 Å². The van der Waals surface area contributed by atoms with Crippen molar-refractivity contribution in [2.45, 2.75) is 26.6 Å². The second-order valence-electron chi connectivity index (χ2n) is 3.42. The van der Waals surface area contributed by atoms with E-state index in [9.17, 15) is 0 Å². The van der Waals surface area contributed by atoms with Gasteiger partial charge in [0.05, 0.1) is 19.8 Å². The minimum Gasteiger partial charge on any atom is -0.497 e. The predicted molar refractivity (Wildman–Crippen MR) is 57.3 cm³/mol. The Hall–Kier alpha value is -1.22. The molecule has 0 aliphatic heterocycles. The first kappa shape index (κ1) is 10.9. The van der Waals surface area contributed by atoms with Crippen LogP contribution in [0.4, 0.5) is 5.69 Å². The van der Waals surface area contributed by atoms with Gasteiger partial charge in [0.25, 0.3) is 0 Å². The van der Waals surface area contributed by atoms with Gasteiger partial charge in [0.15, 0.2) is 0 Å². The van der Waals surface area contributed by atoms with Crippen molar-refractivity contribution in [1.29, 1.82) is 0 Å². The van der Waals surface area contributed by atoms with Crippen LogP contribution in [0.3, 0.4) is 0 Å². The molecule has 3 nitrogen and oxygen atoms in total. The molecule has 0 bridgehead atoms. The van der Waals surface area contributed by atoms with Gasteiger partial charge >= 0.3 is 0 Å². The molecule has 3 heteroatoms. The van der Waals surface area contributed by atoms with Crippen molar-refractivity contribution in [1.82, 2.24) is 0 Å². The molecule has 1 aromatic carbocycles. The van der Waals surface area contributed by atoms with Crippen molar-refractivity contribution in [2.75, 3.05) is 12.8 Å². The van der Waals surface area contributed by atoms with E-state index >= 15 is 0 Å². The lowest BCUT2D eigenvalue weighted by atomic mass is 10.2. The van der Waals surface area contributed by atoms with Crippen molar-refractivity contribution < 1.29 is 9.47 Å². The molecule has 0 aliphatic rings. The van der Waals surface area contributed by atoms with Gasteiger partial charge in [-0.25, -0.2) is 0 Å². The molecule has 0 aliphatic carbocycles. The molecule has 0 radical (unpaired) electrons. The SMILES string of the molecule is COc1ccc(N)c(COC(C)C)c1. The molecule has 1 aromatic rings. The van der Waals surface area contributed by atoms with E-state index < -0.39 is 0 Å². The number of benzene rings is 1. The van der Waals surface area contributed by atoms with Gasteiger partial charge in [0, 0.05) is 11.3 Å². The van der Waals surface area contributed by atoms with Crippen LogP contribution in [-0.2, 0) is 11.3 Å². The molecule has 0 fully saturated rings. The maximum absolute atomic E-state index is 5.79. The van der Waals surface area contributed by atoms with E-state index in [0.29, 0.717) is 6.61 Å². The molecule has 0 spiro atoms. The molecule has 0 saturated heterocycles. The summed E-state index contributed by atoms with van der Waals surface area (Å²) in [6.45, 7) is 4.52. The first-order valence-electron chi connectivity index (χ1n) is 4.67. The second-order valence-corrected chi connectivity index (χ2v) is 3.42. The smallest absolute Gasteiger partial charge is 0.119 e. The Bertz CT molecular complexity index is 297. The lowest BCUT2D eigenvalue weighted by Crippen LogP contribution is -2.04. The van der Waals surface area contributed by atoms with E-state index in [0.717, 1.165) is 17.0 Å². The fourth-order valence-corrected chi connectivity index (χ4v) is 1.09. The highest BCUT2D eigenvalue weighted by molar-refractivity contribution is 5.50. The fraction of sp³-hybridized carbons (Fsp3) is 0.455. The third-order valence-corrected chi connectivity index (χ3v) is 1.92. The van der Waals surface area contributed by atoms with Crippen LogP contribution in [0.2, 0.25) is 0 Å². The largest absolute Gasteiger partial charge is 0.497 e. The topological polar surface area (TPSA) is 44.5 Å². The number of anilines is 1. The molecule has 0 amide bonds.